The third-order valence-corrected chi connectivity index (χ3v) is 3.34. The van der Waals surface area contributed by atoms with Gasteiger partial charge in [-0.1, -0.05) is 13.8 Å². The van der Waals surface area contributed by atoms with E-state index in [-0.39, 0.29) is 5.69 Å². The Hall–Kier alpha value is -1.66. The third-order valence-electron chi connectivity index (χ3n) is 3.34. The molecule has 21 heavy (non-hydrogen) atoms. The lowest BCUT2D eigenvalue weighted by molar-refractivity contribution is -0.384. The highest BCUT2D eigenvalue weighted by Gasteiger charge is 2.07. The number of nitrogens with zero attached hydrogens (tertiary/aromatic N) is 2. The van der Waals surface area contributed by atoms with Crippen LogP contribution >= 0.6 is 0 Å². The van der Waals surface area contributed by atoms with Gasteiger partial charge >= 0.3 is 0 Å². The molecule has 1 atom stereocenters. The molecule has 1 rings (SSSR count). The van der Waals surface area contributed by atoms with Crippen LogP contribution < -0.4 is 10.1 Å². The minimum Gasteiger partial charge on any atom is -0.492 e. The molecule has 0 amide bonds. The molecule has 0 saturated carbocycles. The molecule has 1 aromatic carbocycles. The normalized spacial score (nSPS) is 12.4. The van der Waals surface area contributed by atoms with Gasteiger partial charge in [-0.3, -0.25) is 10.1 Å². The zero-order valence-corrected chi connectivity index (χ0v) is 13.0. The first-order chi connectivity index (χ1) is 10.1. The topological polar surface area (TPSA) is 67.6 Å². The zero-order chi connectivity index (χ0) is 15.7. The monoisotopic (exact) mass is 295 g/mol. The van der Waals surface area contributed by atoms with E-state index in [9.17, 15) is 10.1 Å². The van der Waals surface area contributed by atoms with E-state index >= 15 is 0 Å². The second-order valence-corrected chi connectivity index (χ2v) is 4.94. The van der Waals surface area contributed by atoms with Crippen LogP contribution in [0.15, 0.2) is 24.3 Å². The van der Waals surface area contributed by atoms with E-state index < -0.39 is 4.92 Å². The first kappa shape index (κ1) is 17.4. The molecular formula is C15H25N3O3. The minimum atomic E-state index is -0.416. The number of nitrogens with one attached hydrogen (secondary N) is 1. The Kier molecular flexibility index (Phi) is 7.71. The Balaban J connectivity index is 2.23. The first-order valence-corrected chi connectivity index (χ1v) is 7.39. The number of ether oxygens (including phenoxy) is 1. The van der Waals surface area contributed by atoms with Gasteiger partial charge in [0.15, 0.2) is 0 Å². The average molecular weight is 295 g/mol. The summed E-state index contributed by atoms with van der Waals surface area (Å²) in [5, 5.41) is 13.9. The fraction of sp³-hybridized carbons (Fsp3) is 0.600. The molecule has 1 N–H and O–H groups in total. The molecule has 0 aliphatic rings. The number of likely N-dealkylation sites (N-methyl/N-ethyl adjacent to an activating group) is 1. The Morgan fingerprint density at radius 1 is 1.29 bits per heavy atom. The van der Waals surface area contributed by atoms with E-state index in [4.69, 9.17) is 4.74 Å². The highest BCUT2D eigenvalue weighted by Crippen LogP contribution is 2.16. The molecular weight excluding hydrogens is 270 g/mol. The van der Waals surface area contributed by atoms with Gasteiger partial charge in [-0.2, -0.15) is 0 Å². The average Bonchev–Trinajstić information content (AvgIpc) is 2.49. The van der Waals surface area contributed by atoms with Gasteiger partial charge in [0, 0.05) is 31.3 Å². The summed E-state index contributed by atoms with van der Waals surface area (Å²) >= 11 is 0. The molecule has 0 saturated heterocycles. The molecule has 0 aliphatic heterocycles. The van der Waals surface area contributed by atoms with Gasteiger partial charge < -0.3 is 15.0 Å². The van der Waals surface area contributed by atoms with Crippen molar-refractivity contribution in [1.82, 2.24) is 10.2 Å². The molecule has 1 unspecified atom stereocenters. The van der Waals surface area contributed by atoms with Crippen molar-refractivity contribution in [3.63, 3.8) is 0 Å². The largest absolute Gasteiger partial charge is 0.492 e. The van der Waals surface area contributed by atoms with Crippen LogP contribution in [0.4, 0.5) is 5.69 Å². The molecule has 118 valence electrons. The second-order valence-electron chi connectivity index (χ2n) is 4.94. The summed E-state index contributed by atoms with van der Waals surface area (Å²) in [6, 6.07) is 6.55. The molecule has 0 fully saturated rings. The van der Waals surface area contributed by atoms with E-state index in [0.717, 1.165) is 26.2 Å². The Morgan fingerprint density at radius 3 is 2.43 bits per heavy atom. The number of hydrogen-bond donors (Lipinski definition) is 1. The summed E-state index contributed by atoms with van der Waals surface area (Å²) in [6.07, 6.45) is 0. The maximum Gasteiger partial charge on any atom is 0.269 e. The van der Waals surface area contributed by atoms with Gasteiger partial charge in [0.05, 0.1) is 4.92 Å². The Morgan fingerprint density at radius 2 is 1.90 bits per heavy atom. The number of hydrogen-bond acceptors (Lipinski definition) is 5. The predicted molar refractivity (Wildman–Crippen MR) is 83.8 cm³/mol. The van der Waals surface area contributed by atoms with Crippen molar-refractivity contribution in [1.29, 1.82) is 0 Å². The van der Waals surface area contributed by atoms with Gasteiger partial charge in [-0.25, -0.2) is 0 Å². The molecule has 0 spiro atoms. The molecule has 0 radical (unpaired) electrons. The van der Waals surface area contributed by atoms with E-state index in [1.54, 1.807) is 12.1 Å². The van der Waals surface area contributed by atoms with Crippen LogP contribution in [0.2, 0.25) is 0 Å². The molecule has 6 nitrogen and oxygen atoms in total. The highest BCUT2D eigenvalue weighted by molar-refractivity contribution is 5.35. The number of non-ortho nitro benzene ring substituents is 1. The van der Waals surface area contributed by atoms with Crippen molar-refractivity contribution in [3.05, 3.63) is 34.4 Å². The van der Waals surface area contributed by atoms with Gasteiger partial charge in [-0.15, -0.1) is 0 Å². The van der Waals surface area contributed by atoms with E-state index in [1.807, 2.05) is 0 Å². The maximum absolute atomic E-state index is 10.5. The van der Waals surface area contributed by atoms with E-state index in [0.29, 0.717) is 18.4 Å². The molecule has 0 aliphatic carbocycles. The van der Waals surface area contributed by atoms with Crippen molar-refractivity contribution in [2.45, 2.75) is 26.8 Å². The molecule has 1 aromatic rings. The first-order valence-electron chi connectivity index (χ1n) is 7.39. The minimum absolute atomic E-state index is 0.0771. The smallest absolute Gasteiger partial charge is 0.269 e. The van der Waals surface area contributed by atoms with Crippen LogP contribution in [0.3, 0.4) is 0 Å². The van der Waals surface area contributed by atoms with E-state index in [2.05, 4.69) is 31.0 Å². The highest BCUT2D eigenvalue weighted by atomic mass is 16.6. The van der Waals surface area contributed by atoms with Crippen molar-refractivity contribution < 1.29 is 9.66 Å². The predicted octanol–water partition coefficient (Wildman–Crippen LogP) is 2.29. The standard InChI is InChI=1S/C15H25N3O3/c1-4-17(5-2)12-13(3)16-10-11-21-15-8-6-14(7-9-15)18(19)20/h6-9,13,16H,4-5,10-12H2,1-3H3. The summed E-state index contributed by atoms with van der Waals surface area (Å²) < 4.78 is 5.55. The quantitative estimate of drug-likeness (QED) is 0.407. The van der Waals surface area contributed by atoms with Gasteiger partial charge in [-0.05, 0) is 32.1 Å². The fourth-order valence-corrected chi connectivity index (χ4v) is 2.07. The Bertz CT molecular complexity index is 419. The van der Waals surface area contributed by atoms with Crippen molar-refractivity contribution in [3.8, 4) is 5.75 Å². The number of nitro benzene ring substituents is 1. The molecule has 0 heterocycles. The number of nitro groups is 1. The molecule has 0 bridgehead atoms. The van der Waals surface area contributed by atoms with Gasteiger partial charge in [0.1, 0.15) is 12.4 Å². The van der Waals surface area contributed by atoms with Crippen LogP contribution in [0.25, 0.3) is 0 Å². The maximum atomic E-state index is 10.5. The summed E-state index contributed by atoms with van der Waals surface area (Å²) in [5.41, 5.74) is 0.0771. The van der Waals surface area contributed by atoms with Crippen LogP contribution in [0.5, 0.6) is 5.75 Å². The lowest BCUT2D eigenvalue weighted by Crippen LogP contribution is -2.40. The summed E-state index contributed by atoms with van der Waals surface area (Å²) in [7, 11) is 0. The zero-order valence-electron chi connectivity index (χ0n) is 13.0. The summed E-state index contributed by atoms with van der Waals surface area (Å²) in [5.74, 6) is 0.652. The third kappa shape index (κ3) is 6.55. The van der Waals surface area contributed by atoms with E-state index in [1.165, 1.54) is 12.1 Å². The van der Waals surface area contributed by atoms with Crippen molar-refractivity contribution in [2.24, 2.45) is 0 Å². The summed E-state index contributed by atoms with van der Waals surface area (Å²) in [4.78, 5) is 12.5. The van der Waals surface area contributed by atoms with Crippen molar-refractivity contribution in [2.75, 3.05) is 32.8 Å². The lowest BCUT2D eigenvalue weighted by Gasteiger charge is -2.23. The molecule has 0 aromatic heterocycles. The van der Waals surface area contributed by atoms with Crippen LogP contribution in [-0.2, 0) is 0 Å². The van der Waals surface area contributed by atoms with Crippen LogP contribution in [0.1, 0.15) is 20.8 Å². The summed E-state index contributed by atoms with van der Waals surface area (Å²) in [6.45, 7) is 10.9. The SMILES string of the molecule is CCN(CC)CC(C)NCCOc1ccc([N+](=O)[O-])cc1. The van der Waals surface area contributed by atoms with Crippen LogP contribution in [0, 0.1) is 10.1 Å². The Labute approximate surface area is 126 Å². The second kappa shape index (κ2) is 9.31. The van der Waals surface area contributed by atoms with Gasteiger partial charge in [0.25, 0.3) is 5.69 Å². The number of benzene rings is 1. The molecule has 6 heteroatoms. The fourth-order valence-electron chi connectivity index (χ4n) is 2.07. The van der Waals surface area contributed by atoms with Crippen molar-refractivity contribution >= 4 is 5.69 Å². The lowest BCUT2D eigenvalue weighted by atomic mass is 10.3. The number of rotatable bonds is 10. The van der Waals surface area contributed by atoms with Gasteiger partial charge in [0.2, 0.25) is 0 Å². The van der Waals surface area contributed by atoms with Crippen LogP contribution in [-0.4, -0.2) is 48.7 Å².